The minimum absolute atomic E-state index is 0.884. The highest BCUT2D eigenvalue weighted by molar-refractivity contribution is 6.21. The summed E-state index contributed by atoms with van der Waals surface area (Å²) in [5.41, 5.74) is 15.6. The third-order valence-corrected chi connectivity index (χ3v) is 13.9. The van der Waals surface area contributed by atoms with Gasteiger partial charge in [-0.15, -0.1) is 0 Å². The second-order valence-corrected chi connectivity index (χ2v) is 17.3. The molecule has 10 aromatic carbocycles. The fraction of sp³-hybridized carbons (Fsp3) is 0. The minimum atomic E-state index is 0.884. The van der Waals surface area contributed by atoms with Gasteiger partial charge in [0.05, 0.1) is 44.1 Å². The Hall–Kier alpha value is -8.80. The Morgan fingerprint density at radius 3 is 1.08 bits per heavy atom. The molecular weight excluding hydrogens is 793 g/mol. The molecule has 302 valence electrons. The molecule has 0 N–H and O–H groups in total. The molecule has 0 radical (unpaired) electrons. The van der Waals surface area contributed by atoms with Crippen LogP contribution in [0.25, 0.3) is 132 Å². The Kier molecular flexibility index (Phi) is 6.89. The van der Waals surface area contributed by atoms with Crippen LogP contribution in [0.15, 0.2) is 223 Å². The summed E-state index contributed by atoms with van der Waals surface area (Å²) >= 11 is 0. The van der Waals surface area contributed by atoms with E-state index in [1.165, 1.54) is 65.2 Å². The van der Waals surface area contributed by atoms with Gasteiger partial charge >= 0.3 is 0 Å². The van der Waals surface area contributed by atoms with Gasteiger partial charge in [-0.2, -0.15) is 0 Å². The van der Waals surface area contributed by atoms with Gasteiger partial charge in [-0.3, -0.25) is 0 Å². The number of nitrogens with zero attached hydrogens (tertiary/aromatic N) is 4. The Balaban J connectivity index is 1.07. The van der Waals surface area contributed by atoms with Gasteiger partial charge in [-0.1, -0.05) is 109 Å². The van der Waals surface area contributed by atoms with E-state index in [1.807, 2.05) is 6.07 Å². The van der Waals surface area contributed by atoms with Crippen LogP contribution in [-0.4, -0.2) is 18.3 Å². The first-order valence-electron chi connectivity index (χ1n) is 22.3. The molecule has 65 heavy (non-hydrogen) atoms. The van der Waals surface area contributed by atoms with Gasteiger partial charge in [0.15, 0.2) is 0 Å². The maximum atomic E-state index is 6.35. The Morgan fingerprint density at radius 1 is 0.200 bits per heavy atom. The number of hydrogen-bond acceptors (Lipinski definition) is 1. The second-order valence-electron chi connectivity index (χ2n) is 17.3. The fourth-order valence-electron chi connectivity index (χ4n) is 11.2. The monoisotopic (exact) mass is 828 g/mol. The molecule has 0 aliphatic carbocycles. The van der Waals surface area contributed by atoms with E-state index in [4.69, 9.17) is 4.42 Å². The van der Waals surface area contributed by atoms with E-state index in [2.05, 4.69) is 231 Å². The third kappa shape index (κ3) is 4.76. The Labute approximate surface area is 371 Å². The van der Waals surface area contributed by atoms with Crippen molar-refractivity contribution in [2.45, 2.75) is 0 Å². The summed E-state index contributed by atoms with van der Waals surface area (Å²) in [5.74, 6) is 0. The van der Waals surface area contributed by atoms with Crippen LogP contribution >= 0.6 is 0 Å². The number of hydrogen-bond donors (Lipinski definition) is 0. The second kappa shape index (κ2) is 12.9. The molecular formula is C60H36N4O. The van der Waals surface area contributed by atoms with Gasteiger partial charge in [-0.25, -0.2) is 0 Å². The summed E-state index contributed by atoms with van der Waals surface area (Å²) in [4.78, 5) is 0. The van der Waals surface area contributed by atoms with Gasteiger partial charge in [0.2, 0.25) is 0 Å². The van der Waals surface area contributed by atoms with Crippen LogP contribution in [0, 0.1) is 0 Å². The minimum Gasteiger partial charge on any atom is -0.456 e. The summed E-state index contributed by atoms with van der Waals surface area (Å²) in [6.45, 7) is 0. The van der Waals surface area contributed by atoms with E-state index >= 15 is 0 Å². The lowest BCUT2D eigenvalue weighted by molar-refractivity contribution is 0.669. The van der Waals surface area contributed by atoms with Gasteiger partial charge in [-0.05, 0) is 109 Å². The molecule has 0 atom stereocenters. The molecule has 0 bridgehead atoms. The predicted molar refractivity (Wildman–Crippen MR) is 271 cm³/mol. The maximum Gasteiger partial charge on any atom is 0.135 e. The van der Waals surface area contributed by atoms with Crippen molar-refractivity contribution in [2.24, 2.45) is 0 Å². The van der Waals surface area contributed by atoms with Crippen LogP contribution in [0.3, 0.4) is 0 Å². The molecule has 0 fully saturated rings. The molecule has 0 aliphatic rings. The van der Waals surface area contributed by atoms with Crippen LogP contribution in [0.4, 0.5) is 0 Å². The van der Waals surface area contributed by atoms with E-state index in [0.29, 0.717) is 0 Å². The highest BCUT2D eigenvalue weighted by atomic mass is 16.3. The smallest absolute Gasteiger partial charge is 0.135 e. The van der Waals surface area contributed by atoms with E-state index in [9.17, 15) is 0 Å². The van der Waals surface area contributed by atoms with Crippen molar-refractivity contribution < 1.29 is 4.42 Å². The number of rotatable bonds is 4. The highest BCUT2D eigenvalue weighted by Gasteiger charge is 2.22. The van der Waals surface area contributed by atoms with E-state index < -0.39 is 0 Å². The van der Waals surface area contributed by atoms with Crippen molar-refractivity contribution in [3.8, 4) is 22.7 Å². The fourth-order valence-corrected chi connectivity index (χ4v) is 11.2. The standard InChI is InChI=1S/C60H36N4O/c1-2-14-37(15-3-1)61-55-29-26-38(62-51-21-9-4-16-41(51)42-17-5-10-22-52(42)62)32-46(55)48-35-49-47-33-39(63-53-23-11-6-18-43(53)44-19-7-12-24-54(44)63)27-30-56(47)64(58(49)36-57(48)61)40-28-31-60-50(34-40)45-20-8-13-25-59(45)65-60/h1-36H. The molecule has 15 rings (SSSR count). The molecule has 0 saturated carbocycles. The summed E-state index contributed by atoms with van der Waals surface area (Å²) in [7, 11) is 0. The Bertz CT molecular complexity index is 4370. The molecule has 0 saturated heterocycles. The summed E-state index contributed by atoms with van der Waals surface area (Å²) < 4.78 is 16.1. The average molecular weight is 829 g/mol. The normalized spacial score (nSPS) is 12.3. The highest BCUT2D eigenvalue weighted by Crippen LogP contribution is 2.43. The zero-order chi connectivity index (χ0) is 42.3. The molecule has 0 aliphatic heterocycles. The SMILES string of the molecule is c1ccc(-n2c3ccc(-n4c5ccccc5c5ccccc54)cc3c3cc4c5cc(-n6c7ccccc7c7ccccc76)ccc5n(-c5ccc6oc7ccccc7c6c5)c4cc32)cc1. The summed E-state index contributed by atoms with van der Waals surface area (Å²) in [6, 6.07) is 79.7. The maximum absolute atomic E-state index is 6.35. The molecule has 5 nitrogen and oxygen atoms in total. The van der Waals surface area contributed by atoms with Crippen LogP contribution in [-0.2, 0) is 0 Å². The molecule has 5 heteroatoms. The first kappa shape index (κ1) is 34.7. The zero-order valence-corrected chi connectivity index (χ0v) is 35.0. The van der Waals surface area contributed by atoms with Crippen LogP contribution < -0.4 is 0 Å². The van der Waals surface area contributed by atoms with Crippen molar-refractivity contribution in [3.05, 3.63) is 218 Å². The molecule has 0 unspecified atom stereocenters. The first-order chi connectivity index (χ1) is 32.2. The lowest BCUT2D eigenvalue weighted by Crippen LogP contribution is -1.97. The van der Waals surface area contributed by atoms with Crippen molar-refractivity contribution in [2.75, 3.05) is 0 Å². The molecule has 0 amide bonds. The van der Waals surface area contributed by atoms with Crippen LogP contribution in [0.5, 0.6) is 0 Å². The van der Waals surface area contributed by atoms with Crippen molar-refractivity contribution in [1.82, 2.24) is 18.3 Å². The number of para-hydroxylation sites is 6. The van der Waals surface area contributed by atoms with E-state index in [-0.39, 0.29) is 0 Å². The zero-order valence-electron chi connectivity index (χ0n) is 35.0. The molecule has 5 aromatic heterocycles. The van der Waals surface area contributed by atoms with Gasteiger partial charge in [0, 0.05) is 76.6 Å². The van der Waals surface area contributed by atoms with Crippen LogP contribution in [0.2, 0.25) is 0 Å². The predicted octanol–water partition coefficient (Wildman–Crippen LogP) is 16.0. The first-order valence-corrected chi connectivity index (χ1v) is 22.3. The van der Waals surface area contributed by atoms with Crippen LogP contribution in [0.1, 0.15) is 0 Å². The van der Waals surface area contributed by atoms with Crippen molar-refractivity contribution >= 4 is 109 Å². The largest absolute Gasteiger partial charge is 0.456 e. The van der Waals surface area contributed by atoms with E-state index in [0.717, 1.165) is 66.8 Å². The van der Waals surface area contributed by atoms with Gasteiger partial charge in [0.1, 0.15) is 11.2 Å². The number of aromatic nitrogens is 4. The molecule has 5 heterocycles. The number of furan rings is 1. The van der Waals surface area contributed by atoms with Crippen molar-refractivity contribution in [3.63, 3.8) is 0 Å². The molecule has 0 spiro atoms. The topological polar surface area (TPSA) is 32.9 Å². The van der Waals surface area contributed by atoms with Gasteiger partial charge in [0.25, 0.3) is 0 Å². The number of fused-ring (bicyclic) bond motifs is 15. The average Bonchev–Trinajstić information content (AvgIpc) is 4.16. The third-order valence-electron chi connectivity index (χ3n) is 13.9. The molecule has 15 aromatic rings. The Morgan fingerprint density at radius 2 is 0.554 bits per heavy atom. The lowest BCUT2D eigenvalue weighted by Gasteiger charge is -2.11. The quantitative estimate of drug-likeness (QED) is 0.174. The lowest BCUT2D eigenvalue weighted by atomic mass is 10.1. The van der Waals surface area contributed by atoms with Crippen molar-refractivity contribution in [1.29, 1.82) is 0 Å². The van der Waals surface area contributed by atoms with E-state index in [1.54, 1.807) is 0 Å². The van der Waals surface area contributed by atoms with Gasteiger partial charge < -0.3 is 22.7 Å². The summed E-state index contributed by atoms with van der Waals surface area (Å²) in [5, 5.41) is 12.0. The summed E-state index contributed by atoms with van der Waals surface area (Å²) in [6.07, 6.45) is 0. The number of benzene rings is 10.